The van der Waals surface area contributed by atoms with Gasteiger partial charge in [0.2, 0.25) is 0 Å². The van der Waals surface area contributed by atoms with Crippen LogP contribution in [0.5, 0.6) is 0 Å². The van der Waals surface area contributed by atoms with E-state index in [1.165, 1.54) is 0 Å². The average molecular weight is 383 g/mol. The van der Waals surface area contributed by atoms with E-state index in [2.05, 4.69) is 31.2 Å². The molecule has 7 heteroatoms. The van der Waals surface area contributed by atoms with Crippen LogP contribution in [0.3, 0.4) is 0 Å². The summed E-state index contributed by atoms with van der Waals surface area (Å²) in [6, 6.07) is 0. The first kappa shape index (κ1) is 22.4. The number of aryl methyl sites for hydroxylation is 1. The highest BCUT2D eigenvalue weighted by molar-refractivity contribution is 7.80. The van der Waals surface area contributed by atoms with Gasteiger partial charge in [0, 0.05) is 25.8 Å². The molecule has 0 radical (unpaired) electrons. The number of aromatic nitrogens is 2. The average Bonchev–Trinajstić information content (AvgIpc) is 3.05. The number of rotatable bonds is 12. The summed E-state index contributed by atoms with van der Waals surface area (Å²) >= 11 is 5.61. The van der Waals surface area contributed by atoms with Gasteiger partial charge in [-0.05, 0) is 38.4 Å². The summed E-state index contributed by atoms with van der Waals surface area (Å²) in [5, 5.41) is 8.59. The first-order valence-corrected chi connectivity index (χ1v) is 10.3. The van der Waals surface area contributed by atoms with Crippen LogP contribution in [0.25, 0.3) is 0 Å². The summed E-state index contributed by atoms with van der Waals surface area (Å²) in [4.78, 5) is 14.4. The van der Waals surface area contributed by atoms with Crippen molar-refractivity contribution < 1.29 is 9.53 Å². The zero-order valence-corrected chi connectivity index (χ0v) is 17.5. The van der Waals surface area contributed by atoms with E-state index in [0.717, 1.165) is 58.2 Å². The van der Waals surface area contributed by atoms with Crippen LogP contribution in [0.2, 0.25) is 0 Å². The minimum atomic E-state index is -0.344. The standard InChI is InChI=1S/C19H34N4O2S/c1-5-9-12-20-19(26)23(14-11-7-3)17-16(18(24)25-8-4)15-22(21-17)13-10-6-2/h15H,5-14H2,1-4H3,(H,20,26). The second-order valence-electron chi connectivity index (χ2n) is 6.29. The highest BCUT2D eigenvalue weighted by Crippen LogP contribution is 2.21. The first-order valence-electron chi connectivity index (χ1n) is 9.88. The maximum absolute atomic E-state index is 12.4. The molecule has 0 amide bonds. The summed E-state index contributed by atoms with van der Waals surface area (Å²) < 4.78 is 7.07. The fourth-order valence-corrected chi connectivity index (χ4v) is 2.77. The van der Waals surface area contributed by atoms with E-state index in [9.17, 15) is 4.79 Å². The van der Waals surface area contributed by atoms with Crippen molar-refractivity contribution in [3.05, 3.63) is 11.8 Å². The lowest BCUT2D eigenvalue weighted by molar-refractivity contribution is 0.0527. The molecule has 0 aliphatic carbocycles. The van der Waals surface area contributed by atoms with E-state index in [4.69, 9.17) is 17.0 Å². The molecule has 1 heterocycles. The third-order valence-electron chi connectivity index (χ3n) is 4.02. The van der Waals surface area contributed by atoms with Crippen LogP contribution < -0.4 is 10.2 Å². The Balaban J connectivity index is 3.12. The Morgan fingerprint density at radius 3 is 2.50 bits per heavy atom. The first-order chi connectivity index (χ1) is 12.6. The van der Waals surface area contributed by atoms with E-state index >= 15 is 0 Å². The Hall–Kier alpha value is -1.63. The van der Waals surface area contributed by atoms with Gasteiger partial charge in [-0.1, -0.05) is 40.0 Å². The van der Waals surface area contributed by atoms with Crippen LogP contribution in [0, 0.1) is 0 Å². The highest BCUT2D eigenvalue weighted by atomic mass is 32.1. The Labute approximate surface area is 163 Å². The molecule has 0 bridgehead atoms. The summed E-state index contributed by atoms with van der Waals surface area (Å²) in [6.07, 6.45) is 8.04. The second kappa shape index (κ2) is 12.7. The van der Waals surface area contributed by atoms with Gasteiger partial charge in [0.1, 0.15) is 5.56 Å². The molecule has 0 saturated carbocycles. The zero-order chi connectivity index (χ0) is 19.4. The Kier molecular flexibility index (Phi) is 10.9. The van der Waals surface area contributed by atoms with E-state index < -0.39 is 0 Å². The zero-order valence-electron chi connectivity index (χ0n) is 16.7. The number of unbranched alkanes of at least 4 members (excludes halogenated alkanes) is 3. The van der Waals surface area contributed by atoms with Crippen molar-refractivity contribution in [1.29, 1.82) is 0 Å². The van der Waals surface area contributed by atoms with Crippen LogP contribution >= 0.6 is 12.2 Å². The van der Waals surface area contributed by atoms with Crippen molar-refractivity contribution in [3.8, 4) is 0 Å². The van der Waals surface area contributed by atoms with Gasteiger partial charge in [-0.3, -0.25) is 4.68 Å². The number of thiocarbonyl (C=S) groups is 1. The predicted molar refractivity (Wildman–Crippen MR) is 111 cm³/mol. The van der Waals surface area contributed by atoms with Crippen LogP contribution in [-0.2, 0) is 11.3 Å². The molecule has 26 heavy (non-hydrogen) atoms. The summed E-state index contributed by atoms with van der Waals surface area (Å²) in [5.74, 6) is 0.255. The normalized spacial score (nSPS) is 10.6. The van der Waals surface area contributed by atoms with Crippen molar-refractivity contribution in [3.63, 3.8) is 0 Å². The van der Waals surface area contributed by atoms with Crippen molar-refractivity contribution in [1.82, 2.24) is 15.1 Å². The van der Waals surface area contributed by atoms with Gasteiger partial charge in [0.25, 0.3) is 0 Å². The number of hydrogen-bond acceptors (Lipinski definition) is 4. The fourth-order valence-electron chi connectivity index (χ4n) is 2.49. The van der Waals surface area contributed by atoms with E-state index in [1.807, 2.05) is 16.5 Å². The van der Waals surface area contributed by atoms with Gasteiger partial charge in [-0.25, -0.2) is 4.79 Å². The van der Waals surface area contributed by atoms with Crippen LogP contribution in [0.4, 0.5) is 5.82 Å². The third-order valence-corrected chi connectivity index (χ3v) is 4.39. The predicted octanol–water partition coefficient (Wildman–Crippen LogP) is 4.14. The van der Waals surface area contributed by atoms with Gasteiger partial charge in [-0.2, -0.15) is 5.10 Å². The minimum Gasteiger partial charge on any atom is -0.462 e. The van der Waals surface area contributed by atoms with Gasteiger partial charge in [-0.15, -0.1) is 0 Å². The molecule has 0 fully saturated rings. The minimum absolute atomic E-state index is 0.340. The molecule has 148 valence electrons. The van der Waals surface area contributed by atoms with Crippen LogP contribution in [0.15, 0.2) is 6.20 Å². The quantitative estimate of drug-likeness (QED) is 0.333. The Bertz CT molecular complexity index is 560. The second-order valence-corrected chi connectivity index (χ2v) is 6.68. The Morgan fingerprint density at radius 2 is 1.88 bits per heavy atom. The number of nitrogens with one attached hydrogen (secondary N) is 1. The number of carbonyl (C=O) groups is 1. The van der Waals surface area contributed by atoms with Gasteiger partial charge in [0.15, 0.2) is 10.9 Å². The Morgan fingerprint density at radius 1 is 1.19 bits per heavy atom. The number of nitrogens with zero attached hydrogens (tertiary/aromatic N) is 3. The number of carbonyl (C=O) groups excluding carboxylic acids is 1. The summed E-state index contributed by atoms with van der Waals surface area (Å²) in [5.41, 5.74) is 0.485. The molecular formula is C19H34N4O2S. The third kappa shape index (κ3) is 6.94. The summed E-state index contributed by atoms with van der Waals surface area (Å²) in [7, 11) is 0. The van der Waals surface area contributed by atoms with E-state index in [-0.39, 0.29) is 5.97 Å². The lowest BCUT2D eigenvalue weighted by atomic mass is 10.2. The lowest BCUT2D eigenvalue weighted by Crippen LogP contribution is -2.41. The molecule has 6 nitrogen and oxygen atoms in total. The van der Waals surface area contributed by atoms with Gasteiger partial charge in [0.05, 0.1) is 6.61 Å². The number of hydrogen-bond donors (Lipinski definition) is 1. The van der Waals surface area contributed by atoms with Gasteiger partial charge >= 0.3 is 5.97 Å². The molecule has 0 atom stereocenters. The van der Waals surface area contributed by atoms with Crippen molar-refractivity contribution in [2.75, 3.05) is 24.6 Å². The smallest absolute Gasteiger partial charge is 0.343 e. The van der Waals surface area contributed by atoms with Crippen molar-refractivity contribution in [2.24, 2.45) is 0 Å². The molecule has 0 aromatic carbocycles. The number of anilines is 1. The van der Waals surface area contributed by atoms with E-state index in [1.54, 1.807) is 6.20 Å². The molecule has 0 spiro atoms. The van der Waals surface area contributed by atoms with Crippen LogP contribution in [0.1, 0.15) is 76.6 Å². The molecule has 0 saturated heterocycles. The largest absolute Gasteiger partial charge is 0.462 e. The topological polar surface area (TPSA) is 59.4 Å². The molecule has 0 aliphatic rings. The van der Waals surface area contributed by atoms with Crippen molar-refractivity contribution >= 4 is 29.1 Å². The van der Waals surface area contributed by atoms with Crippen LogP contribution in [-0.4, -0.2) is 40.6 Å². The maximum Gasteiger partial charge on any atom is 0.343 e. The molecule has 1 N–H and O–H groups in total. The molecule has 1 rings (SSSR count). The van der Waals surface area contributed by atoms with Gasteiger partial charge < -0.3 is 15.0 Å². The molecular weight excluding hydrogens is 348 g/mol. The lowest BCUT2D eigenvalue weighted by Gasteiger charge is -2.24. The monoisotopic (exact) mass is 382 g/mol. The number of esters is 1. The number of ether oxygens (including phenoxy) is 1. The maximum atomic E-state index is 12.4. The fraction of sp³-hybridized carbons (Fsp3) is 0.737. The summed E-state index contributed by atoms with van der Waals surface area (Å²) in [6.45, 7) is 10.9. The molecule has 0 aliphatic heterocycles. The SMILES string of the molecule is CCCCNC(=S)N(CCCC)c1nn(CCCC)cc1C(=O)OCC. The van der Waals surface area contributed by atoms with E-state index in [0.29, 0.717) is 23.1 Å². The highest BCUT2D eigenvalue weighted by Gasteiger charge is 2.24. The molecule has 1 aromatic rings. The molecule has 1 aromatic heterocycles. The van der Waals surface area contributed by atoms with Crippen molar-refractivity contribution in [2.45, 2.75) is 72.8 Å². The molecule has 0 unspecified atom stereocenters.